The number of hydrogen-bond acceptors (Lipinski definition) is 5. The molecule has 1 aliphatic rings. The van der Waals surface area contributed by atoms with Gasteiger partial charge in [0.15, 0.2) is 3.83 Å². The molecule has 0 saturated carbocycles. The molecule has 1 fully saturated rings. The van der Waals surface area contributed by atoms with Gasteiger partial charge in [-0.2, -0.15) is 0 Å². The Morgan fingerprint density at radius 3 is 3.00 bits per heavy atom. The topological polar surface area (TPSA) is 50.3 Å². The predicted molar refractivity (Wildman–Crippen MR) is 70.5 cm³/mol. The average molecular weight is 334 g/mol. The third kappa shape index (κ3) is 3.84. The Morgan fingerprint density at radius 1 is 1.44 bits per heavy atom. The lowest BCUT2D eigenvalue weighted by Crippen LogP contribution is -2.39. The normalized spacial score (nSPS) is 17.3. The van der Waals surface area contributed by atoms with E-state index in [1.807, 2.05) is 6.07 Å². The summed E-state index contributed by atoms with van der Waals surface area (Å²) in [6.45, 7) is 5.71. The fraction of sp³-hybridized carbons (Fsp3) is 0.600. The molecule has 0 radical (unpaired) electrons. The quantitative estimate of drug-likeness (QED) is 0.653. The average Bonchev–Trinajstić information content (AvgIpc) is 2.30. The Bertz CT molecular complexity index is 330. The van der Waals surface area contributed by atoms with E-state index < -0.39 is 0 Å². The van der Waals surface area contributed by atoms with Gasteiger partial charge in [0, 0.05) is 55.0 Å². The molecule has 2 heterocycles. The Balaban J connectivity index is 1.71. The maximum absolute atomic E-state index is 5.30. The van der Waals surface area contributed by atoms with Gasteiger partial charge in [0.2, 0.25) is 0 Å². The number of nitrogens with zero attached hydrogens (tertiary/aromatic N) is 3. The summed E-state index contributed by atoms with van der Waals surface area (Å²) in [7, 11) is 0. The summed E-state index contributed by atoms with van der Waals surface area (Å²) < 4.78 is 6.07. The lowest BCUT2D eigenvalue weighted by Gasteiger charge is -2.26. The van der Waals surface area contributed by atoms with E-state index in [0.717, 1.165) is 49.0 Å². The summed E-state index contributed by atoms with van der Waals surface area (Å²) in [4.78, 5) is 10.7. The standard InChI is InChI=1S/C10H15IN4O/c11-10-13-2-1-9(14-10)12-3-4-15-5-7-16-8-6-15/h1-2H,3-8H2,(H,12,13,14). The third-order valence-electron chi connectivity index (χ3n) is 2.46. The molecule has 0 spiro atoms. The molecular formula is C10H15IN4O. The Hall–Kier alpha value is -0.470. The maximum atomic E-state index is 5.30. The number of anilines is 1. The second-order valence-corrected chi connectivity index (χ2v) is 4.56. The molecule has 0 aliphatic carbocycles. The van der Waals surface area contributed by atoms with Crippen LogP contribution in [-0.4, -0.2) is 54.3 Å². The molecule has 1 aliphatic heterocycles. The maximum Gasteiger partial charge on any atom is 0.192 e. The highest BCUT2D eigenvalue weighted by Crippen LogP contribution is 2.03. The molecule has 16 heavy (non-hydrogen) atoms. The van der Waals surface area contributed by atoms with Crippen molar-refractivity contribution in [3.05, 3.63) is 16.1 Å². The predicted octanol–water partition coefficient (Wildman–Crippen LogP) is 0.825. The van der Waals surface area contributed by atoms with Crippen molar-refractivity contribution in [3.63, 3.8) is 0 Å². The van der Waals surface area contributed by atoms with Crippen molar-refractivity contribution in [3.8, 4) is 0 Å². The number of aromatic nitrogens is 2. The van der Waals surface area contributed by atoms with E-state index in [9.17, 15) is 0 Å². The summed E-state index contributed by atoms with van der Waals surface area (Å²) in [5.74, 6) is 0.896. The fourth-order valence-electron chi connectivity index (χ4n) is 1.60. The SMILES string of the molecule is Ic1nccc(NCCN2CCOCC2)n1. The van der Waals surface area contributed by atoms with Crippen LogP contribution in [0.3, 0.4) is 0 Å². The highest BCUT2D eigenvalue weighted by atomic mass is 127. The first-order valence-electron chi connectivity index (χ1n) is 5.37. The van der Waals surface area contributed by atoms with Crippen molar-refractivity contribution < 1.29 is 4.74 Å². The van der Waals surface area contributed by atoms with E-state index in [0.29, 0.717) is 0 Å². The third-order valence-corrected chi connectivity index (χ3v) is 2.98. The van der Waals surface area contributed by atoms with Crippen molar-refractivity contribution in [2.75, 3.05) is 44.7 Å². The van der Waals surface area contributed by atoms with Crippen LogP contribution < -0.4 is 5.32 Å². The minimum Gasteiger partial charge on any atom is -0.379 e. The van der Waals surface area contributed by atoms with Crippen LogP contribution in [0.4, 0.5) is 5.82 Å². The van der Waals surface area contributed by atoms with Crippen LogP contribution in [0, 0.1) is 3.83 Å². The van der Waals surface area contributed by atoms with Crippen LogP contribution in [-0.2, 0) is 4.74 Å². The molecule has 0 unspecified atom stereocenters. The Morgan fingerprint density at radius 2 is 2.25 bits per heavy atom. The molecule has 6 heteroatoms. The van der Waals surface area contributed by atoms with E-state index in [4.69, 9.17) is 4.74 Å². The van der Waals surface area contributed by atoms with Gasteiger partial charge in [0.25, 0.3) is 0 Å². The highest BCUT2D eigenvalue weighted by Gasteiger charge is 2.09. The van der Waals surface area contributed by atoms with Crippen molar-refractivity contribution >= 4 is 28.4 Å². The number of morpholine rings is 1. The fourth-order valence-corrected chi connectivity index (χ4v) is 2.02. The van der Waals surface area contributed by atoms with E-state index in [1.165, 1.54) is 0 Å². The Kier molecular flexibility index (Phi) is 4.73. The molecule has 5 nitrogen and oxygen atoms in total. The molecule has 0 amide bonds. The van der Waals surface area contributed by atoms with Crippen LogP contribution >= 0.6 is 22.6 Å². The summed E-state index contributed by atoms with van der Waals surface area (Å²) in [6.07, 6.45) is 1.77. The molecule has 1 saturated heterocycles. The zero-order valence-corrected chi connectivity index (χ0v) is 11.2. The minimum absolute atomic E-state index is 0.772. The molecule has 1 aromatic rings. The van der Waals surface area contributed by atoms with Crippen LogP contribution in [0.25, 0.3) is 0 Å². The first-order chi connectivity index (χ1) is 7.84. The van der Waals surface area contributed by atoms with Gasteiger partial charge < -0.3 is 10.1 Å². The van der Waals surface area contributed by atoms with Crippen molar-refractivity contribution in [1.82, 2.24) is 14.9 Å². The summed E-state index contributed by atoms with van der Waals surface area (Å²) in [6, 6.07) is 1.89. The van der Waals surface area contributed by atoms with Gasteiger partial charge in [-0.25, -0.2) is 9.97 Å². The monoisotopic (exact) mass is 334 g/mol. The van der Waals surface area contributed by atoms with Gasteiger partial charge >= 0.3 is 0 Å². The van der Waals surface area contributed by atoms with Crippen molar-refractivity contribution in [2.24, 2.45) is 0 Å². The number of halogens is 1. The molecule has 1 N–H and O–H groups in total. The van der Waals surface area contributed by atoms with Gasteiger partial charge in [-0.1, -0.05) is 0 Å². The molecule has 0 bridgehead atoms. The second kappa shape index (κ2) is 6.31. The highest BCUT2D eigenvalue weighted by molar-refractivity contribution is 14.1. The first-order valence-corrected chi connectivity index (χ1v) is 6.45. The summed E-state index contributed by atoms with van der Waals surface area (Å²) in [5.41, 5.74) is 0. The van der Waals surface area contributed by atoms with Gasteiger partial charge in [-0.05, 0) is 6.07 Å². The smallest absolute Gasteiger partial charge is 0.192 e. The van der Waals surface area contributed by atoms with Crippen molar-refractivity contribution in [1.29, 1.82) is 0 Å². The van der Waals surface area contributed by atoms with E-state index in [2.05, 4.69) is 42.8 Å². The van der Waals surface area contributed by atoms with Crippen molar-refractivity contribution in [2.45, 2.75) is 0 Å². The van der Waals surface area contributed by atoms with Gasteiger partial charge in [0.1, 0.15) is 5.82 Å². The van der Waals surface area contributed by atoms with Crippen LogP contribution in [0.2, 0.25) is 0 Å². The number of rotatable bonds is 4. The van der Waals surface area contributed by atoms with Gasteiger partial charge in [0.05, 0.1) is 13.2 Å². The molecule has 0 aromatic carbocycles. The van der Waals surface area contributed by atoms with Crippen LogP contribution in [0.15, 0.2) is 12.3 Å². The van der Waals surface area contributed by atoms with E-state index in [1.54, 1.807) is 6.20 Å². The van der Waals surface area contributed by atoms with Gasteiger partial charge in [-0.15, -0.1) is 0 Å². The summed E-state index contributed by atoms with van der Waals surface area (Å²) >= 11 is 2.11. The zero-order valence-electron chi connectivity index (χ0n) is 9.03. The zero-order chi connectivity index (χ0) is 11.2. The lowest BCUT2D eigenvalue weighted by molar-refractivity contribution is 0.0398. The number of nitrogens with one attached hydrogen (secondary N) is 1. The molecular weight excluding hydrogens is 319 g/mol. The van der Waals surface area contributed by atoms with Crippen LogP contribution in [0.1, 0.15) is 0 Å². The van der Waals surface area contributed by atoms with E-state index >= 15 is 0 Å². The molecule has 1 aromatic heterocycles. The molecule has 0 atom stereocenters. The number of hydrogen-bond donors (Lipinski definition) is 1. The summed E-state index contributed by atoms with van der Waals surface area (Å²) in [5, 5.41) is 3.29. The largest absolute Gasteiger partial charge is 0.379 e. The molecule has 2 rings (SSSR count). The Labute approximate surface area is 109 Å². The van der Waals surface area contributed by atoms with Crippen LogP contribution in [0.5, 0.6) is 0 Å². The molecule has 88 valence electrons. The lowest BCUT2D eigenvalue weighted by atomic mass is 10.4. The minimum atomic E-state index is 0.772. The van der Waals surface area contributed by atoms with Gasteiger partial charge in [-0.3, -0.25) is 4.90 Å². The number of ether oxygens (including phenoxy) is 1. The second-order valence-electron chi connectivity index (χ2n) is 3.59. The first kappa shape index (κ1) is 12.0. The van der Waals surface area contributed by atoms with E-state index in [-0.39, 0.29) is 0 Å².